The quantitative estimate of drug-likeness (QED) is 0.487. The van der Waals surface area contributed by atoms with Gasteiger partial charge in [0.05, 0.1) is 6.54 Å². The molecule has 0 radical (unpaired) electrons. The van der Waals surface area contributed by atoms with Crippen molar-refractivity contribution in [3.8, 4) is 0 Å². The third-order valence-corrected chi connectivity index (χ3v) is 2.96. The van der Waals surface area contributed by atoms with Crippen molar-refractivity contribution in [2.75, 3.05) is 26.2 Å². The normalized spacial score (nSPS) is 26.5. The topological polar surface area (TPSA) is 22.1 Å². The molecule has 0 amide bonds. The summed E-state index contributed by atoms with van der Waals surface area (Å²) in [5.74, 6) is 1.08. The van der Waals surface area contributed by atoms with Crippen molar-refractivity contribution in [3.05, 3.63) is 0 Å². The highest BCUT2D eigenvalue weighted by Crippen LogP contribution is 2.25. The number of thiocarbonyl (C=S) groups is 1. The molecule has 0 saturated carbocycles. The predicted molar refractivity (Wildman–Crippen MR) is 49.6 cm³/mol. The lowest BCUT2D eigenvalue weighted by Crippen LogP contribution is -2.33. The Bertz CT molecular complexity index is 275. The summed E-state index contributed by atoms with van der Waals surface area (Å²) in [7, 11) is 0. The third kappa shape index (κ3) is 0.628. The lowest BCUT2D eigenvalue weighted by Gasteiger charge is -2.18. The van der Waals surface area contributed by atoms with E-state index >= 15 is 0 Å². The van der Waals surface area contributed by atoms with Gasteiger partial charge in [0.25, 0.3) is 0 Å². The molecule has 0 aromatic rings. The third-order valence-electron chi connectivity index (χ3n) is 2.53. The molecule has 0 aliphatic carbocycles. The molecule has 4 nitrogen and oxygen atoms in total. The Labute approximate surface area is 76.4 Å². The molecular formula is C7H10N4S. The van der Waals surface area contributed by atoms with Crippen LogP contribution in [0.5, 0.6) is 0 Å². The van der Waals surface area contributed by atoms with E-state index in [1.807, 2.05) is 0 Å². The molecule has 0 aromatic heterocycles. The molecule has 2 saturated heterocycles. The van der Waals surface area contributed by atoms with Gasteiger partial charge in [-0.05, 0) is 18.6 Å². The Balaban J connectivity index is 2.03. The van der Waals surface area contributed by atoms with Crippen LogP contribution in [-0.4, -0.2) is 52.2 Å². The number of hydrogen-bond donors (Lipinski definition) is 0. The van der Waals surface area contributed by atoms with Crippen LogP contribution in [0.1, 0.15) is 6.42 Å². The van der Waals surface area contributed by atoms with Gasteiger partial charge in [0.1, 0.15) is 0 Å². The lowest BCUT2D eigenvalue weighted by molar-refractivity contribution is 0.227. The van der Waals surface area contributed by atoms with Crippen LogP contribution in [0.25, 0.3) is 0 Å². The van der Waals surface area contributed by atoms with E-state index < -0.39 is 0 Å². The van der Waals surface area contributed by atoms with Crippen LogP contribution in [0.4, 0.5) is 0 Å². The number of guanidine groups is 1. The average Bonchev–Trinajstić information content (AvgIpc) is 2.72. The molecule has 0 N–H and O–H groups in total. The average molecular weight is 182 g/mol. The number of aliphatic imine (C=N–C) groups is 1. The predicted octanol–water partition coefficient (Wildman–Crippen LogP) is -0.121. The molecule has 3 aliphatic heterocycles. The maximum atomic E-state index is 5.32. The zero-order valence-electron chi connectivity index (χ0n) is 6.73. The number of nitrogens with zero attached hydrogens (tertiary/aromatic N) is 4. The van der Waals surface area contributed by atoms with Crippen molar-refractivity contribution >= 4 is 23.3 Å². The smallest absolute Gasteiger partial charge is 0.222 e. The molecule has 64 valence electrons. The van der Waals surface area contributed by atoms with Crippen LogP contribution in [0, 0.1) is 0 Å². The monoisotopic (exact) mass is 182 g/mol. The Hall–Kier alpha value is -0.840. The fourth-order valence-corrected chi connectivity index (χ4v) is 2.36. The van der Waals surface area contributed by atoms with Gasteiger partial charge in [0, 0.05) is 19.6 Å². The van der Waals surface area contributed by atoms with E-state index in [2.05, 4.69) is 19.9 Å². The highest BCUT2D eigenvalue weighted by atomic mass is 32.1. The fraction of sp³-hybridized carbons (Fsp3) is 0.714. The van der Waals surface area contributed by atoms with Crippen LogP contribution in [0.2, 0.25) is 0 Å². The van der Waals surface area contributed by atoms with Gasteiger partial charge in [-0.2, -0.15) is 0 Å². The molecule has 5 heteroatoms. The molecular weight excluding hydrogens is 172 g/mol. The minimum absolute atomic E-state index is 0.903. The second-order valence-corrected chi connectivity index (χ2v) is 3.58. The maximum absolute atomic E-state index is 5.32. The first-order valence-corrected chi connectivity index (χ1v) is 4.70. The zero-order chi connectivity index (χ0) is 8.13. The number of hydrogen-bond acceptors (Lipinski definition) is 3. The van der Waals surface area contributed by atoms with Crippen LogP contribution >= 0.6 is 12.2 Å². The molecule has 12 heavy (non-hydrogen) atoms. The lowest BCUT2D eigenvalue weighted by atomic mass is 10.4. The van der Waals surface area contributed by atoms with E-state index in [0.717, 1.165) is 37.3 Å². The van der Waals surface area contributed by atoms with Gasteiger partial charge in [-0.1, -0.05) is 0 Å². The summed E-state index contributed by atoms with van der Waals surface area (Å²) in [6.07, 6.45) is 1.20. The van der Waals surface area contributed by atoms with Crippen LogP contribution in [0.3, 0.4) is 0 Å². The minimum atomic E-state index is 0.903. The largest absolute Gasteiger partial charge is 0.285 e. The van der Waals surface area contributed by atoms with Gasteiger partial charge >= 0.3 is 0 Å². The Morgan fingerprint density at radius 2 is 2.00 bits per heavy atom. The van der Waals surface area contributed by atoms with Gasteiger partial charge in [-0.3, -0.25) is 14.9 Å². The first kappa shape index (κ1) is 6.65. The van der Waals surface area contributed by atoms with Crippen LogP contribution < -0.4 is 0 Å². The molecule has 0 bridgehead atoms. The van der Waals surface area contributed by atoms with E-state index in [-0.39, 0.29) is 0 Å². The fourth-order valence-electron chi connectivity index (χ4n) is 2.00. The minimum Gasteiger partial charge on any atom is -0.285 e. The van der Waals surface area contributed by atoms with Crippen molar-refractivity contribution in [2.45, 2.75) is 6.42 Å². The summed E-state index contributed by atoms with van der Waals surface area (Å²) < 4.78 is 0. The zero-order valence-corrected chi connectivity index (χ0v) is 7.55. The van der Waals surface area contributed by atoms with Gasteiger partial charge < -0.3 is 0 Å². The summed E-state index contributed by atoms with van der Waals surface area (Å²) in [4.78, 5) is 6.56. The van der Waals surface area contributed by atoms with E-state index in [0.29, 0.717) is 0 Å². The van der Waals surface area contributed by atoms with Crippen molar-refractivity contribution in [1.82, 2.24) is 14.9 Å². The molecule has 0 spiro atoms. The summed E-state index contributed by atoms with van der Waals surface area (Å²) in [5, 5.41) is 5.31. The molecule has 3 heterocycles. The summed E-state index contributed by atoms with van der Waals surface area (Å²) >= 11 is 5.32. The molecule has 3 aliphatic rings. The number of fused-ring (bicyclic) bond motifs is 3. The second-order valence-electron chi connectivity index (χ2n) is 3.22. The Morgan fingerprint density at radius 3 is 2.92 bits per heavy atom. The van der Waals surface area contributed by atoms with E-state index in [4.69, 9.17) is 12.2 Å². The standard InChI is InChI=1S/C7H10N4S/c12-7-9-5-2-8-6(9)10-3-1-4-11(7)10/h1-5H2. The maximum Gasteiger partial charge on any atom is 0.222 e. The number of rotatable bonds is 0. The van der Waals surface area contributed by atoms with Crippen LogP contribution in [-0.2, 0) is 0 Å². The van der Waals surface area contributed by atoms with Crippen molar-refractivity contribution in [1.29, 1.82) is 0 Å². The molecule has 0 aromatic carbocycles. The van der Waals surface area contributed by atoms with Gasteiger partial charge in [0.2, 0.25) is 5.96 Å². The van der Waals surface area contributed by atoms with Crippen molar-refractivity contribution in [3.63, 3.8) is 0 Å². The molecule has 2 fully saturated rings. The first-order valence-electron chi connectivity index (χ1n) is 4.29. The van der Waals surface area contributed by atoms with Gasteiger partial charge in [-0.25, -0.2) is 4.99 Å². The first-order chi connectivity index (χ1) is 5.88. The molecule has 0 unspecified atom stereocenters. The van der Waals surface area contributed by atoms with Gasteiger partial charge in [-0.15, -0.1) is 0 Å². The summed E-state index contributed by atoms with van der Waals surface area (Å²) in [6, 6.07) is 0. The molecule has 0 atom stereocenters. The number of hydrazine groups is 1. The second kappa shape index (κ2) is 2.10. The highest BCUT2D eigenvalue weighted by molar-refractivity contribution is 7.80. The van der Waals surface area contributed by atoms with E-state index in [9.17, 15) is 0 Å². The van der Waals surface area contributed by atoms with E-state index in [1.54, 1.807) is 0 Å². The molecule has 3 rings (SSSR count). The summed E-state index contributed by atoms with van der Waals surface area (Å²) in [5.41, 5.74) is 0. The Kier molecular flexibility index (Phi) is 1.16. The highest BCUT2D eigenvalue weighted by Gasteiger charge is 2.42. The Morgan fingerprint density at radius 1 is 1.17 bits per heavy atom. The summed E-state index contributed by atoms with van der Waals surface area (Å²) in [6.45, 7) is 4.02. The van der Waals surface area contributed by atoms with Crippen LogP contribution in [0.15, 0.2) is 4.99 Å². The van der Waals surface area contributed by atoms with Crippen molar-refractivity contribution < 1.29 is 0 Å². The van der Waals surface area contributed by atoms with Crippen molar-refractivity contribution in [2.24, 2.45) is 4.99 Å². The van der Waals surface area contributed by atoms with Gasteiger partial charge in [0.15, 0.2) is 5.11 Å². The van der Waals surface area contributed by atoms with E-state index in [1.165, 1.54) is 6.42 Å². The SMILES string of the molecule is S=C1N2CCN=C2N2CCCN12.